The summed E-state index contributed by atoms with van der Waals surface area (Å²) in [4.78, 5) is 14.4. The number of rotatable bonds is 0. The van der Waals surface area contributed by atoms with Gasteiger partial charge in [0.25, 0.3) is 0 Å². The van der Waals surface area contributed by atoms with Crippen molar-refractivity contribution in [1.29, 1.82) is 0 Å². The maximum absolute atomic E-state index is 5.15. The van der Waals surface area contributed by atoms with Crippen molar-refractivity contribution in [3.05, 3.63) is 108 Å². The Morgan fingerprint density at radius 2 is 1.51 bits per heavy atom. The topological polar surface area (TPSA) is 43.1 Å². The first-order valence-electron chi connectivity index (χ1n) is 12.0. The molecule has 35 heavy (non-hydrogen) atoms. The molecule has 2 aliphatic rings. The SMILES string of the molecule is c1ccc2c(c1)Cc1ccc3c(c1-2)Cc1ccc2nc4c5ccncc5c5cccnc5n4c2c1-3. The lowest BCUT2D eigenvalue weighted by molar-refractivity contribution is 1.23. The Hall–Kier alpha value is -4.57. The van der Waals surface area contributed by atoms with Crippen molar-refractivity contribution in [1.82, 2.24) is 19.4 Å². The number of pyridine rings is 3. The van der Waals surface area contributed by atoms with Crippen LogP contribution >= 0.6 is 0 Å². The van der Waals surface area contributed by atoms with E-state index in [1.807, 2.05) is 24.7 Å². The number of benzene rings is 3. The summed E-state index contributed by atoms with van der Waals surface area (Å²) in [6.45, 7) is 0. The van der Waals surface area contributed by atoms with Crippen molar-refractivity contribution >= 4 is 38.5 Å². The monoisotopic (exact) mass is 446 g/mol. The van der Waals surface area contributed by atoms with Gasteiger partial charge in [0, 0.05) is 40.3 Å². The van der Waals surface area contributed by atoms with Crippen LogP contribution in [0.15, 0.2) is 85.3 Å². The van der Waals surface area contributed by atoms with Crippen molar-refractivity contribution in [2.24, 2.45) is 0 Å². The molecule has 0 fully saturated rings. The van der Waals surface area contributed by atoms with Gasteiger partial charge in [-0.3, -0.25) is 9.38 Å². The Kier molecular flexibility index (Phi) is 3.11. The molecule has 0 radical (unpaired) electrons. The molecule has 0 unspecified atom stereocenters. The molecular weight excluding hydrogens is 428 g/mol. The summed E-state index contributed by atoms with van der Waals surface area (Å²) in [5.41, 5.74) is 15.2. The molecule has 0 N–H and O–H groups in total. The normalized spacial score (nSPS) is 13.5. The van der Waals surface area contributed by atoms with Crippen LogP contribution in [0, 0.1) is 0 Å². The third kappa shape index (κ3) is 2.11. The van der Waals surface area contributed by atoms with Gasteiger partial charge >= 0.3 is 0 Å². The average Bonchev–Trinajstić information content (AvgIpc) is 3.59. The van der Waals surface area contributed by atoms with E-state index in [1.165, 1.54) is 44.5 Å². The predicted molar refractivity (Wildman–Crippen MR) is 140 cm³/mol. The highest BCUT2D eigenvalue weighted by atomic mass is 15.1. The zero-order valence-electron chi connectivity index (χ0n) is 18.8. The first kappa shape index (κ1) is 17.8. The van der Waals surface area contributed by atoms with Crippen LogP contribution in [0.2, 0.25) is 0 Å². The smallest absolute Gasteiger partial charge is 0.147 e. The Morgan fingerprint density at radius 1 is 0.629 bits per heavy atom. The van der Waals surface area contributed by atoms with E-state index in [0.717, 1.165) is 51.3 Å². The minimum absolute atomic E-state index is 0.929. The van der Waals surface area contributed by atoms with Gasteiger partial charge in [-0.15, -0.1) is 0 Å². The van der Waals surface area contributed by atoms with Gasteiger partial charge in [0.05, 0.1) is 11.0 Å². The maximum Gasteiger partial charge on any atom is 0.147 e. The van der Waals surface area contributed by atoms with E-state index >= 15 is 0 Å². The molecule has 3 aromatic carbocycles. The van der Waals surface area contributed by atoms with Crippen molar-refractivity contribution < 1.29 is 0 Å². The molecule has 4 nitrogen and oxygen atoms in total. The highest BCUT2D eigenvalue weighted by molar-refractivity contribution is 6.14. The van der Waals surface area contributed by atoms with Gasteiger partial charge in [-0.25, -0.2) is 9.97 Å². The Labute approximate surface area is 200 Å². The summed E-state index contributed by atoms with van der Waals surface area (Å²) in [6.07, 6.45) is 7.63. The number of imidazole rings is 1. The van der Waals surface area contributed by atoms with Crippen molar-refractivity contribution in [2.75, 3.05) is 0 Å². The molecule has 0 saturated carbocycles. The van der Waals surface area contributed by atoms with E-state index in [0.29, 0.717) is 0 Å². The minimum atomic E-state index is 0.929. The van der Waals surface area contributed by atoms with Crippen LogP contribution in [0.1, 0.15) is 22.3 Å². The second-order valence-corrected chi connectivity index (χ2v) is 9.67. The molecule has 0 bridgehead atoms. The minimum Gasteiger partial charge on any atom is -0.275 e. The standard InChI is InChI=1S/C31H18N4/c1-2-5-20-17(4-1)14-18-7-9-21-24(27(18)20)15-19-8-10-26-29(28(19)21)35-30-22(6-3-12-33-30)25-16-32-13-11-23(25)31(35)34-26/h1-13,16H,14-15H2. The van der Waals surface area contributed by atoms with Gasteiger partial charge < -0.3 is 0 Å². The number of hydrogen-bond donors (Lipinski definition) is 0. The zero-order valence-corrected chi connectivity index (χ0v) is 18.8. The Balaban J connectivity index is 1.47. The summed E-state index contributed by atoms with van der Waals surface area (Å²) >= 11 is 0. The zero-order chi connectivity index (χ0) is 22.7. The number of nitrogens with zero attached hydrogens (tertiary/aromatic N) is 4. The molecule has 2 aliphatic carbocycles. The summed E-state index contributed by atoms with van der Waals surface area (Å²) in [6, 6.07) is 24.2. The van der Waals surface area contributed by atoms with Crippen LogP contribution < -0.4 is 0 Å². The first-order valence-corrected chi connectivity index (χ1v) is 12.0. The van der Waals surface area contributed by atoms with E-state index in [2.05, 4.69) is 70.0 Å². The lowest BCUT2D eigenvalue weighted by Gasteiger charge is -2.11. The van der Waals surface area contributed by atoms with Crippen LogP contribution in [0.5, 0.6) is 0 Å². The summed E-state index contributed by atoms with van der Waals surface area (Å²) < 4.78 is 2.28. The molecule has 4 aromatic heterocycles. The van der Waals surface area contributed by atoms with Gasteiger partial charge in [-0.2, -0.15) is 0 Å². The van der Waals surface area contributed by atoms with Gasteiger partial charge in [-0.05, 0) is 76.1 Å². The third-order valence-corrected chi connectivity index (χ3v) is 7.96. The van der Waals surface area contributed by atoms with Crippen LogP contribution in [0.4, 0.5) is 0 Å². The van der Waals surface area contributed by atoms with Gasteiger partial charge in [0.1, 0.15) is 11.3 Å². The van der Waals surface area contributed by atoms with E-state index in [-0.39, 0.29) is 0 Å². The lowest BCUT2D eigenvalue weighted by atomic mass is 9.95. The van der Waals surface area contributed by atoms with Crippen LogP contribution in [0.25, 0.3) is 60.7 Å². The van der Waals surface area contributed by atoms with Crippen LogP contribution in [0.3, 0.4) is 0 Å². The van der Waals surface area contributed by atoms with Crippen molar-refractivity contribution in [3.63, 3.8) is 0 Å². The molecule has 4 heterocycles. The van der Waals surface area contributed by atoms with Crippen LogP contribution in [-0.2, 0) is 12.8 Å². The van der Waals surface area contributed by atoms with E-state index in [9.17, 15) is 0 Å². The number of hydrogen-bond acceptors (Lipinski definition) is 3. The summed E-state index contributed by atoms with van der Waals surface area (Å²) in [5, 5.41) is 3.29. The average molecular weight is 447 g/mol. The van der Waals surface area contributed by atoms with Gasteiger partial charge in [0.15, 0.2) is 0 Å². The summed E-state index contributed by atoms with van der Waals surface area (Å²) in [7, 11) is 0. The van der Waals surface area contributed by atoms with Gasteiger partial charge in [-0.1, -0.05) is 42.5 Å². The van der Waals surface area contributed by atoms with Crippen molar-refractivity contribution in [3.8, 4) is 22.3 Å². The quantitative estimate of drug-likeness (QED) is 0.243. The van der Waals surface area contributed by atoms with Crippen molar-refractivity contribution in [2.45, 2.75) is 12.8 Å². The highest BCUT2D eigenvalue weighted by Crippen LogP contribution is 2.49. The number of fused-ring (bicyclic) bond motifs is 16. The molecular formula is C31H18N4. The fourth-order valence-electron chi connectivity index (χ4n) is 6.54. The second-order valence-electron chi connectivity index (χ2n) is 9.67. The fourth-order valence-corrected chi connectivity index (χ4v) is 6.54. The first-order chi connectivity index (χ1) is 17.4. The number of aromatic nitrogens is 4. The highest BCUT2D eigenvalue weighted by Gasteiger charge is 2.30. The largest absolute Gasteiger partial charge is 0.275 e. The molecule has 162 valence electrons. The Bertz CT molecular complexity index is 2070. The molecule has 0 saturated heterocycles. The van der Waals surface area contributed by atoms with Crippen LogP contribution in [-0.4, -0.2) is 19.4 Å². The molecule has 0 spiro atoms. The molecule has 0 atom stereocenters. The Morgan fingerprint density at radius 3 is 2.51 bits per heavy atom. The molecule has 4 heteroatoms. The predicted octanol–water partition coefficient (Wildman–Crippen LogP) is 6.73. The van der Waals surface area contributed by atoms with E-state index < -0.39 is 0 Å². The third-order valence-electron chi connectivity index (χ3n) is 7.96. The molecule has 9 rings (SSSR count). The molecule has 0 amide bonds. The molecule has 7 aromatic rings. The lowest BCUT2D eigenvalue weighted by Crippen LogP contribution is -1.95. The van der Waals surface area contributed by atoms with E-state index in [4.69, 9.17) is 9.97 Å². The van der Waals surface area contributed by atoms with Gasteiger partial charge in [0.2, 0.25) is 0 Å². The summed E-state index contributed by atoms with van der Waals surface area (Å²) in [5.74, 6) is 0. The van der Waals surface area contributed by atoms with E-state index in [1.54, 1.807) is 0 Å². The second kappa shape index (κ2) is 6.10. The fraction of sp³-hybridized carbons (Fsp3) is 0.0645. The molecule has 0 aliphatic heterocycles. The maximum atomic E-state index is 5.15.